The maximum Gasteiger partial charge on any atom is 0.294 e. The van der Waals surface area contributed by atoms with E-state index in [4.69, 9.17) is 10.3 Å². The first-order valence-corrected chi connectivity index (χ1v) is 8.30. The maximum absolute atomic E-state index is 11.3. The third-order valence-electron chi connectivity index (χ3n) is 3.39. The zero-order chi connectivity index (χ0) is 17.3. The minimum Gasteiger partial charge on any atom is -0.507 e. The minimum absolute atomic E-state index is 0.218. The van der Waals surface area contributed by atoms with Crippen molar-refractivity contribution >= 4 is 38.0 Å². The molecule has 0 aliphatic carbocycles. The van der Waals surface area contributed by atoms with Gasteiger partial charge in [-0.2, -0.15) is 13.5 Å². The molecule has 3 aromatic carbocycles. The zero-order valence-corrected chi connectivity index (χ0v) is 13.1. The Morgan fingerprint density at radius 1 is 0.958 bits per heavy atom. The molecule has 24 heavy (non-hydrogen) atoms. The standard InChI is InChI=1S/C16H13N3O4S/c17-13-7-6-10-8-12(24(21,22)23)9-14(20)15(10)16(13)19-18-11-4-2-1-3-5-11/h1-9,20H,17H2,(H,21,22,23). The van der Waals surface area contributed by atoms with Gasteiger partial charge in [0.25, 0.3) is 10.1 Å². The van der Waals surface area contributed by atoms with Crippen LogP contribution in [0.2, 0.25) is 0 Å². The Morgan fingerprint density at radius 3 is 2.33 bits per heavy atom. The van der Waals surface area contributed by atoms with E-state index in [1.54, 1.807) is 24.3 Å². The molecule has 8 heteroatoms. The molecule has 0 aliphatic heterocycles. The number of phenols is 1. The number of nitrogens with two attached hydrogens (primary N) is 1. The lowest BCUT2D eigenvalue weighted by Crippen LogP contribution is -1.98. The molecule has 0 fully saturated rings. The first-order valence-electron chi connectivity index (χ1n) is 6.86. The number of benzene rings is 3. The largest absolute Gasteiger partial charge is 0.507 e. The molecule has 3 aromatic rings. The van der Waals surface area contributed by atoms with Gasteiger partial charge in [-0.25, -0.2) is 0 Å². The number of nitrogens with zero attached hydrogens (tertiary/aromatic N) is 2. The van der Waals surface area contributed by atoms with Crippen LogP contribution in [0.1, 0.15) is 0 Å². The van der Waals surface area contributed by atoms with Crippen molar-refractivity contribution in [3.8, 4) is 5.75 Å². The Kier molecular flexibility index (Phi) is 3.92. The normalized spacial score (nSPS) is 12.0. The second-order valence-corrected chi connectivity index (χ2v) is 6.48. The number of phenolic OH excluding ortho intramolecular Hbond substituents is 1. The Hall–Kier alpha value is -2.97. The van der Waals surface area contributed by atoms with Crippen LogP contribution in [-0.4, -0.2) is 18.1 Å². The van der Waals surface area contributed by atoms with E-state index in [0.717, 1.165) is 6.07 Å². The minimum atomic E-state index is -4.44. The third kappa shape index (κ3) is 3.05. The van der Waals surface area contributed by atoms with Gasteiger partial charge in [-0.1, -0.05) is 24.3 Å². The summed E-state index contributed by atoms with van der Waals surface area (Å²) in [6, 6.07) is 14.2. The maximum atomic E-state index is 11.3. The zero-order valence-electron chi connectivity index (χ0n) is 12.3. The smallest absolute Gasteiger partial charge is 0.294 e. The summed E-state index contributed by atoms with van der Waals surface area (Å²) in [6.45, 7) is 0. The van der Waals surface area contributed by atoms with Gasteiger partial charge in [-0.3, -0.25) is 4.55 Å². The van der Waals surface area contributed by atoms with Gasteiger partial charge in [0.2, 0.25) is 0 Å². The highest BCUT2D eigenvalue weighted by atomic mass is 32.2. The molecule has 0 heterocycles. The molecular weight excluding hydrogens is 330 g/mol. The number of hydrogen-bond donors (Lipinski definition) is 3. The summed E-state index contributed by atoms with van der Waals surface area (Å²) in [5.41, 5.74) is 7.00. The lowest BCUT2D eigenvalue weighted by Gasteiger charge is -2.08. The topological polar surface area (TPSA) is 125 Å². The SMILES string of the molecule is Nc1ccc2cc(S(=O)(=O)O)cc(O)c2c1N=Nc1ccccc1. The van der Waals surface area contributed by atoms with Crippen LogP contribution < -0.4 is 5.73 Å². The summed E-state index contributed by atoms with van der Waals surface area (Å²) in [4.78, 5) is -0.414. The summed E-state index contributed by atoms with van der Waals surface area (Å²) in [6.07, 6.45) is 0. The van der Waals surface area contributed by atoms with Gasteiger partial charge in [0.15, 0.2) is 0 Å². The molecule has 122 valence electrons. The van der Waals surface area contributed by atoms with Gasteiger partial charge < -0.3 is 10.8 Å². The van der Waals surface area contributed by atoms with Gasteiger partial charge in [-0.15, -0.1) is 5.11 Å². The number of anilines is 1. The molecule has 0 atom stereocenters. The number of azo groups is 1. The van der Waals surface area contributed by atoms with E-state index in [2.05, 4.69) is 10.2 Å². The van der Waals surface area contributed by atoms with Crippen molar-refractivity contribution in [3.05, 3.63) is 54.6 Å². The first kappa shape index (κ1) is 15.9. The van der Waals surface area contributed by atoms with E-state index < -0.39 is 15.0 Å². The van der Waals surface area contributed by atoms with E-state index in [0.29, 0.717) is 11.1 Å². The van der Waals surface area contributed by atoms with Crippen molar-refractivity contribution in [2.75, 3.05) is 5.73 Å². The van der Waals surface area contributed by atoms with E-state index in [1.807, 2.05) is 6.07 Å². The molecule has 7 nitrogen and oxygen atoms in total. The third-order valence-corrected chi connectivity index (χ3v) is 4.23. The van der Waals surface area contributed by atoms with Gasteiger partial charge in [-0.05, 0) is 29.7 Å². The molecule has 0 aromatic heterocycles. The average molecular weight is 343 g/mol. The monoisotopic (exact) mass is 343 g/mol. The number of aromatic hydroxyl groups is 1. The van der Waals surface area contributed by atoms with Crippen molar-refractivity contribution < 1.29 is 18.1 Å². The fourth-order valence-electron chi connectivity index (χ4n) is 2.27. The fourth-order valence-corrected chi connectivity index (χ4v) is 2.81. The molecule has 0 spiro atoms. The Balaban J connectivity index is 2.21. The molecule has 0 saturated carbocycles. The summed E-state index contributed by atoms with van der Waals surface area (Å²) in [5, 5.41) is 18.9. The van der Waals surface area contributed by atoms with Crippen LogP contribution in [0.4, 0.5) is 17.1 Å². The number of nitrogen functional groups attached to an aromatic ring is 1. The van der Waals surface area contributed by atoms with Gasteiger partial charge in [0.05, 0.1) is 21.7 Å². The van der Waals surface area contributed by atoms with Crippen molar-refractivity contribution in [1.82, 2.24) is 0 Å². The van der Waals surface area contributed by atoms with E-state index in [1.165, 1.54) is 18.2 Å². The molecule has 0 amide bonds. The molecule has 0 unspecified atom stereocenters. The summed E-state index contributed by atoms with van der Waals surface area (Å²) in [5.74, 6) is -0.366. The molecular formula is C16H13N3O4S. The first-order chi connectivity index (χ1) is 11.4. The highest BCUT2D eigenvalue weighted by Crippen LogP contribution is 2.40. The van der Waals surface area contributed by atoms with Crippen LogP contribution in [0.5, 0.6) is 5.75 Å². The quantitative estimate of drug-likeness (QED) is 0.379. The molecule has 4 N–H and O–H groups in total. The number of hydrogen-bond acceptors (Lipinski definition) is 6. The lowest BCUT2D eigenvalue weighted by atomic mass is 10.1. The predicted octanol–water partition coefficient (Wildman–Crippen LogP) is 3.79. The van der Waals surface area contributed by atoms with Gasteiger partial charge in [0, 0.05) is 6.07 Å². The second kappa shape index (κ2) is 5.91. The van der Waals surface area contributed by atoms with Crippen LogP contribution >= 0.6 is 0 Å². The molecule has 0 aliphatic rings. The highest BCUT2D eigenvalue weighted by molar-refractivity contribution is 7.85. The van der Waals surface area contributed by atoms with Crippen LogP contribution in [-0.2, 0) is 10.1 Å². The number of rotatable bonds is 3. The average Bonchev–Trinajstić information content (AvgIpc) is 2.54. The van der Waals surface area contributed by atoms with Gasteiger partial charge in [0.1, 0.15) is 11.4 Å². The summed E-state index contributed by atoms with van der Waals surface area (Å²) in [7, 11) is -4.44. The van der Waals surface area contributed by atoms with Crippen LogP contribution in [0.3, 0.4) is 0 Å². The molecule has 0 radical (unpaired) electrons. The van der Waals surface area contributed by atoms with E-state index in [-0.39, 0.29) is 22.5 Å². The Labute approximate surface area is 137 Å². The van der Waals surface area contributed by atoms with Gasteiger partial charge >= 0.3 is 0 Å². The van der Waals surface area contributed by atoms with Crippen LogP contribution in [0, 0.1) is 0 Å². The second-order valence-electron chi connectivity index (χ2n) is 5.05. The number of fused-ring (bicyclic) bond motifs is 1. The molecule has 0 saturated heterocycles. The predicted molar refractivity (Wildman–Crippen MR) is 90.5 cm³/mol. The van der Waals surface area contributed by atoms with E-state index in [9.17, 15) is 13.5 Å². The van der Waals surface area contributed by atoms with Crippen LogP contribution in [0.25, 0.3) is 10.8 Å². The van der Waals surface area contributed by atoms with Crippen LogP contribution in [0.15, 0.2) is 69.7 Å². The van der Waals surface area contributed by atoms with Crippen molar-refractivity contribution in [3.63, 3.8) is 0 Å². The Morgan fingerprint density at radius 2 is 1.67 bits per heavy atom. The summed E-state index contributed by atoms with van der Waals surface area (Å²) >= 11 is 0. The van der Waals surface area contributed by atoms with Crippen molar-refractivity contribution in [2.45, 2.75) is 4.90 Å². The highest BCUT2D eigenvalue weighted by Gasteiger charge is 2.16. The molecule has 0 bridgehead atoms. The summed E-state index contributed by atoms with van der Waals surface area (Å²) < 4.78 is 31.7. The lowest BCUT2D eigenvalue weighted by molar-refractivity contribution is 0.471. The van der Waals surface area contributed by atoms with E-state index >= 15 is 0 Å². The molecule has 3 rings (SSSR count). The van der Waals surface area contributed by atoms with Crippen molar-refractivity contribution in [2.24, 2.45) is 10.2 Å². The van der Waals surface area contributed by atoms with Crippen molar-refractivity contribution in [1.29, 1.82) is 0 Å². The fraction of sp³-hybridized carbons (Fsp3) is 0. The Bertz CT molecular complexity index is 1050.